The maximum Gasteiger partial charge on any atom is 0.261 e. The van der Waals surface area contributed by atoms with E-state index in [-0.39, 0.29) is 18.0 Å². The molecule has 0 aliphatic carbocycles. The summed E-state index contributed by atoms with van der Waals surface area (Å²) >= 11 is 1.43. The highest BCUT2D eigenvalue weighted by Gasteiger charge is 2.27. The number of halogens is 2. The summed E-state index contributed by atoms with van der Waals surface area (Å²) in [6.07, 6.45) is 2.10. The Morgan fingerprint density at radius 1 is 1.10 bits per heavy atom. The largest absolute Gasteiger partial charge is 0.324 e. The highest BCUT2D eigenvalue weighted by Crippen LogP contribution is 2.40. The summed E-state index contributed by atoms with van der Waals surface area (Å²) in [4.78, 5) is 32.2. The molecule has 1 N–H and O–H groups in total. The number of pyridine rings is 1. The smallest absolute Gasteiger partial charge is 0.261 e. The summed E-state index contributed by atoms with van der Waals surface area (Å²) in [7, 11) is 0. The van der Waals surface area contributed by atoms with E-state index in [1.165, 1.54) is 17.8 Å². The Kier molecular flexibility index (Phi) is 5.76. The molecule has 152 valence electrons. The second-order valence-electron chi connectivity index (χ2n) is 6.66. The maximum atomic E-state index is 13.7. The number of hydrogen-bond donors (Lipinski definition) is 1. The van der Waals surface area contributed by atoms with Crippen LogP contribution >= 0.6 is 11.8 Å². The highest BCUT2D eigenvalue weighted by atomic mass is 32.2. The van der Waals surface area contributed by atoms with Crippen molar-refractivity contribution >= 4 is 35.0 Å². The standard InChI is InChI=1S/C22H17F2N3O2S/c23-14-9-10-17(16(24)13-14)26-20(28)8-4-12-27-18-6-1-2-7-19(18)30-21-15(22(27)29)5-3-11-25-21/h1-3,5-7,9-11,13H,4,8,12H2,(H,26,28). The van der Waals surface area contributed by atoms with E-state index in [1.807, 2.05) is 24.3 Å². The summed E-state index contributed by atoms with van der Waals surface area (Å²) in [5, 5.41) is 3.08. The van der Waals surface area contributed by atoms with Crippen LogP contribution in [0.4, 0.5) is 20.2 Å². The Labute approximate surface area is 176 Å². The quantitative estimate of drug-likeness (QED) is 0.632. The molecule has 1 aliphatic heterocycles. The number of anilines is 2. The van der Waals surface area contributed by atoms with Gasteiger partial charge >= 0.3 is 0 Å². The molecular formula is C22H17F2N3O2S. The van der Waals surface area contributed by atoms with Gasteiger partial charge in [-0.2, -0.15) is 0 Å². The molecule has 0 fully saturated rings. The molecule has 0 saturated carbocycles. The van der Waals surface area contributed by atoms with Crippen molar-refractivity contribution in [3.8, 4) is 0 Å². The third kappa shape index (κ3) is 4.18. The van der Waals surface area contributed by atoms with E-state index < -0.39 is 17.5 Å². The molecule has 30 heavy (non-hydrogen) atoms. The van der Waals surface area contributed by atoms with Crippen LogP contribution in [0.1, 0.15) is 23.2 Å². The topological polar surface area (TPSA) is 62.3 Å². The lowest BCUT2D eigenvalue weighted by Gasteiger charge is -2.22. The van der Waals surface area contributed by atoms with E-state index in [0.717, 1.165) is 16.6 Å². The van der Waals surface area contributed by atoms with Crippen LogP contribution < -0.4 is 10.2 Å². The van der Waals surface area contributed by atoms with Crippen molar-refractivity contribution in [2.75, 3.05) is 16.8 Å². The summed E-state index contributed by atoms with van der Waals surface area (Å²) in [5.41, 5.74) is 1.20. The zero-order chi connectivity index (χ0) is 21.1. The van der Waals surface area contributed by atoms with Crippen molar-refractivity contribution in [3.63, 3.8) is 0 Å². The van der Waals surface area contributed by atoms with Crippen LogP contribution in [-0.2, 0) is 4.79 Å². The molecular weight excluding hydrogens is 408 g/mol. The number of carbonyl (C=O) groups excluding carboxylic acids is 2. The fourth-order valence-corrected chi connectivity index (χ4v) is 4.20. The van der Waals surface area contributed by atoms with Crippen molar-refractivity contribution < 1.29 is 18.4 Å². The Morgan fingerprint density at radius 3 is 2.77 bits per heavy atom. The average molecular weight is 425 g/mol. The number of fused-ring (bicyclic) bond motifs is 2. The second-order valence-corrected chi connectivity index (χ2v) is 7.69. The normalized spacial score (nSPS) is 12.7. The van der Waals surface area contributed by atoms with Crippen molar-refractivity contribution in [1.82, 2.24) is 4.98 Å². The first-order valence-corrected chi connectivity index (χ1v) is 10.1. The molecule has 4 rings (SSSR count). The van der Waals surface area contributed by atoms with Crippen LogP contribution in [0.2, 0.25) is 0 Å². The second kappa shape index (κ2) is 8.62. The molecule has 5 nitrogen and oxygen atoms in total. The summed E-state index contributed by atoms with van der Waals surface area (Å²) < 4.78 is 26.7. The van der Waals surface area contributed by atoms with Crippen LogP contribution in [0.5, 0.6) is 0 Å². The molecule has 0 spiro atoms. The van der Waals surface area contributed by atoms with Gasteiger partial charge in [-0.05, 0) is 42.8 Å². The number of rotatable bonds is 5. The lowest BCUT2D eigenvalue weighted by Crippen LogP contribution is -2.32. The predicted molar refractivity (Wildman–Crippen MR) is 111 cm³/mol. The van der Waals surface area contributed by atoms with Gasteiger partial charge in [0.25, 0.3) is 5.91 Å². The van der Waals surface area contributed by atoms with E-state index in [4.69, 9.17) is 0 Å². The third-order valence-electron chi connectivity index (χ3n) is 4.60. The first-order valence-electron chi connectivity index (χ1n) is 9.31. The minimum absolute atomic E-state index is 0.0750. The number of para-hydroxylation sites is 1. The van der Waals surface area contributed by atoms with E-state index >= 15 is 0 Å². The number of amides is 2. The van der Waals surface area contributed by atoms with Gasteiger partial charge in [0.15, 0.2) is 0 Å². The van der Waals surface area contributed by atoms with Crippen molar-refractivity contribution in [2.45, 2.75) is 22.8 Å². The lowest BCUT2D eigenvalue weighted by molar-refractivity contribution is -0.116. The van der Waals surface area contributed by atoms with Crippen LogP contribution in [-0.4, -0.2) is 23.3 Å². The first-order chi connectivity index (χ1) is 14.5. The minimum atomic E-state index is -0.832. The van der Waals surface area contributed by atoms with E-state index in [1.54, 1.807) is 23.2 Å². The third-order valence-corrected chi connectivity index (χ3v) is 5.68. The molecule has 0 bridgehead atoms. The Morgan fingerprint density at radius 2 is 1.93 bits per heavy atom. The summed E-state index contributed by atoms with van der Waals surface area (Å²) in [5.74, 6) is -2.13. The van der Waals surface area contributed by atoms with Gasteiger partial charge in [-0.15, -0.1) is 0 Å². The molecule has 3 aromatic rings. The molecule has 0 atom stereocenters. The number of hydrogen-bond acceptors (Lipinski definition) is 4. The summed E-state index contributed by atoms with van der Waals surface area (Å²) in [6, 6.07) is 14.0. The molecule has 8 heteroatoms. The Hall–Kier alpha value is -3.26. The first kappa shape index (κ1) is 20.0. The maximum absolute atomic E-state index is 13.7. The van der Waals surface area contributed by atoms with Crippen LogP contribution in [0, 0.1) is 11.6 Å². The van der Waals surface area contributed by atoms with Gasteiger partial charge < -0.3 is 10.2 Å². The van der Waals surface area contributed by atoms with Crippen molar-refractivity contribution in [1.29, 1.82) is 0 Å². The number of nitrogens with zero attached hydrogens (tertiary/aromatic N) is 2. The van der Waals surface area contributed by atoms with Gasteiger partial charge in [0.2, 0.25) is 5.91 Å². The minimum Gasteiger partial charge on any atom is -0.324 e. The van der Waals surface area contributed by atoms with Crippen LogP contribution in [0.15, 0.2) is 70.7 Å². The van der Waals surface area contributed by atoms with Gasteiger partial charge in [-0.1, -0.05) is 23.9 Å². The number of aromatic nitrogens is 1. The number of carbonyl (C=O) groups is 2. The fourth-order valence-electron chi connectivity index (χ4n) is 3.18. The van der Waals surface area contributed by atoms with E-state index in [9.17, 15) is 18.4 Å². The van der Waals surface area contributed by atoms with Crippen LogP contribution in [0.25, 0.3) is 0 Å². The average Bonchev–Trinajstić information content (AvgIpc) is 2.85. The molecule has 0 radical (unpaired) electrons. The van der Waals surface area contributed by atoms with E-state index in [0.29, 0.717) is 29.6 Å². The van der Waals surface area contributed by atoms with Gasteiger partial charge in [-0.3, -0.25) is 9.59 Å². The highest BCUT2D eigenvalue weighted by molar-refractivity contribution is 7.99. The number of benzene rings is 2. The van der Waals surface area contributed by atoms with E-state index in [2.05, 4.69) is 10.3 Å². The molecule has 2 aromatic carbocycles. The molecule has 1 aromatic heterocycles. The van der Waals surface area contributed by atoms with Crippen LogP contribution in [0.3, 0.4) is 0 Å². The fraction of sp³-hybridized carbons (Fsp3) is 0.136. The van der Waals surface area contributed by atoms with Crippen molar-refractivity contribution in [2.24, 2.45) is 0 Å². The Balaban J connectivity index is 1.47. The van der Waals surface area contributed by atoms with Crippen molar-refractivity contribution in [3.05, 3.63) is 78.0 Å². The number of nitrogens with one attached hydrogen (secondary N) is 1. The monoisotopic (exact) mass is 425 g/mol. The predicted octanol–water partition coefficient (Wildman–Crippen LogP) is 4.89. The van der Waals surface area contributed by atoms with Gasteiger partial charge in [0.1, 0.15) is 16.7 Å². The molecule has 1 aliphatic rings. The zero-order valence-electron chi connectivity index (χ0n) is 15.8. The van der Waals surface area contributed by atoms with Gasteiger partial charge in [0, 0.05) is 30.1 Å². The lowest BCUT2D eigenvalue weighted by atomic mass is 10.2. The SMILES string of the molecule is O=C(CCCN1C(=O)c2cccnc2Sc2ccccc21)Nc1ccc(F)cc1F. The Bertz CT molecular complexity index is 1120. The van der Waals surface area contributed by atoms with Gasteiger partial charge in [0.05, 0.1) is 16.9 Å². The molecule has 0 unspecified atom stereocenters. The van der Waals surface area contributed by atoms with Gasteiger partial charge in [-0.25, -0.2) is 13.8 Å². The molecule has 0 saturated heterocycles. The molecule has 2 amide bonds. The molecule has 2 heterocycles. The zero-order valence-corrected chi connectivity index (χ0v) is 16.6. The summed E-state index contributed by atoms with van der Waals surface area (Å²) in [6.45, 7) is 0.310.